The third-order valence-corrected chi connectivity index (χ3v) is 11.4. The van der Waals surface area contributed by atoms with Gasteiger partial charge in [0.1, 0.15) is 11.5 Å². The highest BCUT2D eigenvalue weighted by Crippen LogP contribution is 2.38. The van der Waals surface area contributed by atoms with E-state index in [1.54, 1.807) is 92.8 Å². The molecule has 5 heterocycles. The molecule has 0 spiro atoms. The number of ether oxygens (including phenoxy) is 3. The molecule has 0 saturated carbocycles. The zero-order valence-electron chi connectivity index (χ0n) is 35.6. The number of aryl methyl sites for hydroxylation is 3. The van der Waals surface area contributed by atoms with Crippen LogP contribution in [0, 0.1) is 0 Å². The van der Waals surface area contributed by atoms with E-state index in [0.717, 1.165) is 22.1 Å². The second kappa shape index (κ2) is 17.8. The number of benzene rings is 3. The number of Topliss-reactive ketones (excluding diaryl/α,β-unsaturated/α-hetero) is 1. The van der Waals surface area contributed by atoms with Crippen LogP contribution in [0.5, 0.6) is 11.5 Å². The standard InChI is InChI=1S/C48H47N7O8/c1-29-20-36-25-49-39-24-43(42(61-4)23-38(39)46(58)55(36)26-29)63-19-7-10-37(56)9-6-8-35-28-53(3)44(50-35)45(57)51-34-14-11-30(12-15-34)33-22-41(52(2)27-33)47(59)54-18-17-31-21-32(48(60)62-5)13-16-40(31)54/h11-18,21-25,27-28,36H,1,6-10,19-20,26H2,2-5H3,(H,51,57). The van der Waals surface area contributed by atoms with Crippen LogP contribution < -0.4 is 14.8 Å². The van der Waals surface area contributed by atoms with Crippen LogP contribution in [-0.2, 0) is 30.0 Å². The van der Waals surface area contributed by atoms with Gasteiger partial charge in [-0.25, -0.2) is 9.78 Å². The highest BCUT2D eigenvalue weighted by molar-refractivity contribution is 6.05. The van der Waals surface area contributed by atoms with Gasteiger partial charge in [0.25, 0.3) is 17.7 Å². The Bertz CT molecular complexity index is 2830. The van der Waals surface area contributed by atoms with Gasteiger partial charge < -0.3 is 33.6 Å². The van der Waals surface area contributed by atoms with Gasteiger partial charge in [-0.3, -0.25) is 28.7 Å². The van der Waals surface area contributed by atoms with E-state index in [-0.39, 0.29) is 35.4 Å². The van der Waals surface area contributed by atoms with Gasteiger partial charge in [-0.1, -0.05) is 24.3 Å². The van der Waals surface area contributed by atoms with Crippen molar-refractivity contribution in [3.8, 4) is 22.6 Å². The number of esters is 1. The molecule has 6 aromatic rings. The Hall–Kier alpha value is -7.55. The molecule has 63 heavy (non-hydrogen) atoms. The predicted molar refractivity (Wildman–Crippen MR) is 237 cm³/mol. The lowest BCUT2D eigenvalue weighted by molar-refractivity contribution is -0.119. The number of imidazole rings is 1. The van der Waals surface area contributed by atoms with E-state index in [2.05, 4.69) is 21.9 Å². The number of hydrogen-bond donors (Lipinski definition) is 1. The summed E-state index contributed by atoms with van der Waals surface area (Å²) in [6.45, 7) is 4.82. The summed E-state index contributed by atoms with van der Waals surface area (Å²) < 4.78 is 21.3. The van der Waals surface area contributed by atoms with Crippen LogP contribution in [0.25, 0.3) is 22.0 Å². The van der Waals surface area contributed by atoms with Crippen molar-refractivity contribution in [2.45, 2.75) is 44.6 Å². The number of anilines is 1. The molecular formula is C48H47N7O8. The van der Waals surface area contributed by atoms with Crippen molar-refractivity contribution in [3.05, 3.63) is 126 Å². The smallest absolute Gasteiger partial charge is 0.337 e. The first kappa shape index (κ1) is 42.2. The molecule has 2 amide bonds. The monoisotopic (exact) mass is 849 g/mol. The minimum Gasteiger partial charge on any atom is -0.493 e. The van der Waals surface area contributed by atoms with E-state index in [1.165, 1.54) is 14.2 Å². The number of amides is 2. The van der Waals surface area contributed by atoms with E-state index in [1.807, 2.05) is 31.4 Å². The lowest BCUT2D eigenvalue weighted by Crippen LogP contribution is -2.35. The average Bonchev–Trinajstić information content (AvgIpc) is 4.07. The second-order valence-electron chi connectivity index (χ2n) is 15.8. The van der Waals surface area contributed by atoms with Crippen molar-refractivity contribution in [1.29, 1.82) is 0 Å². The van der Waals surface area contributed by atoms with Gasteiger partial charge in [-0.2, -0.15) is 0 Å². The molecule has 0 aliphatic carbocycles. The molecule has 1 fully saturated rings. The zero-order valence-corrected chi connectivity index (χ0v) is 35.6. The summed E-state index contributed by atoms with van der Waals surface area (Å²) in [6.07, 6.45) is 10.2. The Morgan fingerprint density at radius 1 is 0.889 bits per heavy atom. The van der Waals surface area contributed by atoms with Gasteiger partial charge in [-0.15, -0.1) is 0 Å². The highest BCUT2D eigenvalue weighted by Gasteiger charge is 2.34. The lowest BCUT2D eigenvalue weighted by atomic mass is 10.1. The van der Waals surface area contributed by atoms with Crippen molar-refractivity contribution in [3.63, 3.8) is 0 Å². The number of hydrogen-bond acceptors (Lipinski definition) is 10. The van der Waals surface area contributed by atoms with Gasteiger partial charge >= 0.3 is 5.97 Å². The summed E-state index contributed by atoms with van der Waals surface area (Å²) in [5.74, 6) is 0.0936. The molecule has 0 radical (unpaired) electrons. The number of carbonyl (C=O) groups is 5. The number of ketones is 1. The van der Waals surface area contributed by atoms with E-state index >= 15 is 0 Å². The van der Waals surface area contributed by atoms with Gasteiger partial charge in [0, 0.05) is 81.0 Å². The molecular weight excluding hydrogens is 803 g/mol. The molecule has 322 valence electrons. The predicted octanol–water partition coefficient (Wildman–Crippen LogP) is 7.35. The maximum absolute atomic E-state index is 13.6. The molecule has 2 aliphatic heterocycles. The van der Waals surface area contributed by atoms with Crippen molar-refractivity contribution >= 4 is 58.0 Å². The molecule has 1 atom stereocenters. The second-order valence-corrected chi connectivity index (χ2v) is 15.8. The highest BCUT2D eigenvalue weighted by atomic mass is 16.5. The Labute approximate surface area is 363 Å². The normalized spacial score (nSPS) is 14.3. The third kappa shape index (κ3) is 8.80. The summed E-state index contributed by atoms with van der Waals surface area (Å²) in [5.41, 5.74) is 6.50. The first-order valence-electron chi connectivity index (χ1n) is 20.6. The number of aromatic nitrogens is 4. The Kier molecular flexibility index (Phi) is 11.9. The Balaban J connectivity index is 0.798. The maximum atomic E-state index is 13.6. The summed E-state index contributed by atoms with van der Waals surface area (Å²) in [4.78, 5) is 75.7. The topological polar surface area (TPSA) is 168 Å². The molecule has 1 saturated heterocycles. The SMILES string of the molecule is C=C1CC2C=Nc3cc(OCCCC(=O)CCCc4cn(C)c(C(=O)Nc5ccc(-c6cc(C(=O)n7ccc8cc(C(=O)OC)ccc87)n(C)c6)cc5)n4)c(OC)cc3C(=O)N2C1. The molecule has 1 N–H and O–H groups in total. The van der Waals surface area contributed by atoms with Crippen LogP contribution >= 0.6 is 0 Å². The van der Waals surface area contributed by atoms with E-state index in [4.69, 9.17) is 14.2 Å². The van der Waals surface area contributed by atoms with Crippen LogP contribution in [0.3, 0.4) is 0 Å². The minimum absolute atomic E-state index is 0.104. The fourth-order valence-electron chi connectivity index (χ4n) is 8.06. The minimum atomic E-state index is -0.445. The number of nitrogens with zero attached hydrogens (tertiary/aromatic N) is 6. The van der Waals surface area contributed by atoms with Crippen LogP contribution in [-0.4, -0.2) is 92.7 Å². The van der Waals surface area contributed by atoms with Crippen LogP contribution in [0.4, 0.5) is 11.4 Å². The molecule has 3 aromatic heterocycles. The van der Waals surface area contributed by atoms with Crippen molar-refractivity contribution in [2.24, 2.45) is 19.1 Å². The molecule has 0 bridgehead atoms. The van der Waals surface area contributed by atoms with Gasteiger partial charge in [0.05, 0.1) is 54.9 Å². The number of nitrogens with one attached hydrogen (secondary N) is 1. The summed E-state index contributed by atoms with van der Waals surface area (Å²) >= 11 is 0. The fraction of sp³-hybridized carbons (Fsp3) is 0.271. The van der Waals surface area contributed by atoms with Crippen LogP contribution in [0.2, 0.25) is 0 Å². The van der Waals surface area contributed by atoms with Crippen molar-refractivity contribution < 1.29 is 38.2 Å². The Morgan fingerprint density at radius 2 is 1.68 bits per heavy atom. The summed E-state index contributed by atoms with van der Waals surface area (Å²) in [6, 6.07) is 19.3. The maximum Gasteiger partial charge on any atom is 0.337 e. The number of fused-ring (bicyclic) bond motifs is 3. The van der Waals surface area contributed by atoms with Crippen LogP contribution in [0.1, 0.15) is 79.6 Å². The van der Waals surface area contributed by atoms with Crippen LogP contribution in [0.15, 0.2) is 102 Å². The summed E-state index contributed by atoms with van der Waals surface area (Å²) in [5, 5.41) is 3.66. The molecule has 8 rings (SSSR count). The first-order valence-corrected chi connectivity index (χ1v) is 20.6. The van der Waals surface area contributed by atoms with E-state index < -0.39 is 5.97 Å². The number of methoxy groups -OCH3 is 2. The van der Waals surface area contributed by atoms with Gasteiger partial charge in [0.2, 0.25) is 0 Å². The van der Waals surface area contributed by atoms with Crippen molar-refractivity contribution in [1.82, 2.24) is 23.6 Å². The molecule has 1 unspecified atom stereocenters. The summed E-state index contributed by atoms with van der Waals surface area (Å²) in [7, 11) is 6.41. The largest absolute Gasteiger partial charge is 0.493 e. The fourth-order valence-corrected chi connectivity index (χ4v) is 8.06. The zero-order chi connectivity index (χ0) is 44.4. The average molecular weight is 850 g/mol. The van der Waals surface area contributed by atoms with E-state index in [9.17, 15) is 24.0 Å². The molecule has 15 nitrogen and oxygen atoms in total. The Morgan fingerprint density at radius 3 is 2.46 bits per heavy atom. The number of aliphatic imine (C=N–C) groups is 1. The first-order chi connectivity index (χ1) is 30.4. The van der Waals surface area contributed by atoms with Gasteiger partial charge in [-0.05, 0) is 79.8 Å². The lowest BCUT2D eigenvalue weighted by Gasteiger charge is -2.20. The number of rotatable bonds is 15. The molecule has 2 aliphatic rings. The van der Waals surface area contributed by atoms with Crippen molar-refractivity contribution in [2.75, 3.05) is 32.7 Å². The third-order valence-electron chi connectivity index (χ3n) is 11.4. The molecule has 3 aromatic carbocycles. The van der Waals surface area contributed by atoms with E-state index in [0.29, 0.717) is 103 Å². The molecule has 15 heteroatoms. The number of carbonyl (C=O) groups excluding carboxylic acids is 5. The quantitative estimate of drug-likeness (QED) is 0.0631. The van der Waals surface area contributed by atoms with Gasteiger partial charge in [0.15, 0.2) is 17.3 Å².